The van der Waals surface area contributed by atoms with E-state index in [9.17, 15) is 5.11 Å². The van der Waals surface area contributed by atoms with Gasteiger partial charge in [-0.3, -0.25) is 4.90 Å². The van der Waals surface area contributed by atoms with Gasteiger partial charge in [-0.2, -0.15) is 0 Å². The van der Waals surface area contributed by atoms with E-state index in [0.29, 0.717) is 18.6 Å². The first kappa shape index (κ1) is 14.0. The normalized spacial score (nSPS) is 23.2. The van der Waals surface area contributed by atoms with E-state index in [1.807, 2.05) is 11.3 Å². The lowest BCUT2D eigenvalue weighted by Gasteiger charge is -2.40. The molecule has 0 spiro atoms. The van der Waals surface area contributed by atoms with Gasteiger partial charge in [0.2, 0.25) is 0 Å². The van der Waals surface area contributed by atoms with Gasteiger partial charge < -0.3 is 10.8 Å². The Hall–Kier alpha value is -0.420. The van der Waals surface area contributed by atoms with Crippen molar-refractivity contribution in [3.63, 3.8) is 0 Å². The topological polar surface area (TPSA) is 49.5 Å². The van der Waals surface area contributed by atoms with Crippen LogP contribution in [0.4, 0.5) is 0 Å². The largest absolute Gasteiger partial charge is 0.396 e. The smallest absolute Gasteiger partial charge is 0.0566 e. The molecule has 0 bridgehead atoms. The summed E-state index contributed by atoms with van der Waals surface area (Å²) < 4.78 is 0. The van der Waals surface area contributed by atoms with Crippen LogP contribution in [-0.2, 0) is 0 Å². The zero-order chi connectivity index (χ0) is 13.0. The molecule has 2 rings (SSSR count). The Morgan fingerprint density at radius 2 is 2.33 bits per heavy atom. The quantitative estimate of drug-likeness (QED) is 0.861. The maximum absolute atomic E-state index is 9.21. The number of rotatable bonds is 5. The molecule has 1 aromatic heterocycles. The Balaban J connectivity index is 2.14. The highest BCUT2D eigenvalue weighted by atomic mass is 32.1. The van der Waals surface area contributed by atoms with Crippen LogP contribution >= 0.6 is 11.3 Å². The summed E-state index contributed by atoms with van der Waals surface area (Å²) in [6.45, 7) is 4.20. The van der Waals surface area contributed by atoms with E-state index >= 15 is 0 Å². The lowest BCUT2D eigenvalue weighted by molar-refractivity contribution is 0.0797. The van der Waals surface area contributed by atoms with Crippen molar-refractivity contribution in [2.45, 2.75) is 44.7 Å². The average Bonchev–Trinajstić information content (AvgIpc) is 2.79. The van der Waals surface area contributed by atoms with Crippen molar-refractivity contribution < 1.29 is 5.11 Å². The Labute approximate surface area is 114 Å². The molecule has 1 aromatic rings. The fraction of sp³-hybridized carbons (Fsp3) is 0.714. The van der Waals surface area contributed by atoms with Crippen molar-refractivity contribution >= 4 is 11.3 Å². The number of aliphatic hydroxyl groups excluding tert-OH is 1. The summed E-state index contributed by atoms with van der Waals surface area (Å²) >= 11 is 1.85. The van der Waals surface area contributed by atoms with Gasteiger partial charge in [-0.15, -0.1) is 11.3 Å². The summed E-state index contributed by atoms with van der Waals surface area (Å²) in [5.74, 6) is 0. The zero-order valence-corrected chi connectivity index (χ0v) is 12.0. The van der Waals surface area contributed by atoms with Crippen molar-refractivity contribution in [3.8, 4) is 0 Å². The predicted octanol–water partition coefficient (Wildman–Crippen LogP) is 2.29. The molecule has 0 saturated carbocycles. The SMILES string of the molecule is Cc1ccc(C(CN)N2CCCCC2CCO)s1. The number of aryl methyl sites for hydroxylation is 1. The molecule has 4 heteroatoms. The highest BCUT2D eigenvalue weighted by molar-refractivity contribution is 7.12. The minimum atomic E-state index is 0.280. The standard InChI is InChI=1S/C14H24N2OS/c1-11-5-6-14(18-11)13(10-15)16-8-3-2-4-12(16)7-9-17/h5-6,12-13,17H,2-4,7-10,15H2,1H3. The summed E-state index contributed by atoms with van der Waals surface area (Å²) in [6.07, 6.45) is 4.60. The van der Waals surface area contributed by atoms with Gasteiger partial charge >= 0.3 is 0 Å². The van der Waals surface area contributed by atoms with E-state index in [1.54, 1.807) is 0 Å². The molecule has 2 atom stereocenters. The Kier molecular flexibility index (Phi) is 5.18. The predicted molar refractivity (Wildman–Crippen MR) is 76.9 cm³/mol. The number of aliphatic hydroxyl groups is 1. The van der Waals surface area contributed by atoms with Crippen molar-refractivity contribution in [2.24, 2.45) is 5.73 Å². The van der Waals surface area contributed by atoms with E-state index in [4.69, 9.17) is 5.73 Å². The van der Waals surface area contributed by atoms with E-state index in [0.717, 1.165) is 13.0 Å². The molecule has 1 aliphatic rings. The van der Waals surface area contributed by atoms with Crippen LogP contribution in [0.5, 0.6) is 0 Å². The molecule has 1 saturated heterocycles. The molecular formula is C14H24N2OS. The van der Waals surface area contributed by atoms with Gasteiger partial charge in [0, 0.05) is 28.9 Å². The monoisotopic (exact) mass is 268 g/mol. The van der Waals surface area contributed by atoms with Crippen molar-refractivity contribution in [1.29, 1.82) is 0 Å². The molecule has 0 aliphatic carbocycles. The number of thiophene rings is 1. The minimum absolute atomic E-state index is 0.280. The van der Waals surface area contributed by atoms with Gasteiger partial charge in [0.05, 0.1) is 6.04 Å². The van der Waals surface area contributed by atoms with Crippen molar-refractivity contribution in [3.05, 3.63) is 21.9 Å². The van der Waals surface area contributed by atoms with Crippen LogP contribution in [-0.4, -0.2) is 35.7 Å². The highest BCUT2D eigenvalue weighted by Crippen LogP contribution is 2.32. The van der Waals surface area contributed by atoms with E-state index in [1.165, 1.54) is 29.0 Å². The number of hydrogen-bond donors (Lipinski definition) is 2. The van der Waals surface area contributed by atoms with E-state index in [2.05, 4.69) is 24.0 Å². The first-order valence-corrected chi connectivity index (χ1v) is 7.71. The van der Waals surface area contributed by atoms with Gasteiger partial charge in [0.1, 0.15) is 0 Å². The first-order valence-electron chi connectivity index (χ1n) is 6.89. The Morgan fingerprint density at radius 3 is 2.94 bits per heavy atom. The molecule has 3 nitrogen and oxygen atoms in total. The molecule has 1 fully saturated rings. The summed E-state index contributed by atoms with van der Waals surface area (Å²) in [6, 6.07) is 5.22. The maximum atomic E-state index is 9.21. The molecule has 0 radical (unpaired) electrons. The molecule has 2 heterocycles. The average molecular weight is 268 g/mol. The van der Waals surface area contributed by atoms with Crippen LogP contribution in [0.2, 0.25) is 0 Å². The molecule has 2 unspecified atom stereocenters. The second-order valence-corrected chi connectivity index (χ2v) is 6.42. The first-order chi connectivity index (χ1) is 8.76. The molecular weight excluding hydrogens is 244 g/mol. The Morgan fingerprint density at radius 1 is 1.50 bits per heavy atom. The minimum Gasteiger partial charge on any atom is -0.396 e. The zero-order valence-electron chi connectivity index (χ0n) is 11.1. The van der Waals surface area contributed by atoms with E-state index in [-0.39, 0.29) is 6.61 Å². The second-order valence-electron chi connectivity index (χ2n) is 5.10. The summed E-state index contributed by atoms with van der Waals surface area (Å²) in [7, 11) is 0. The number of piperidine rings is 1. The highest BCUT2D eigenvalue weighted by Gasteiger charge is 2.29. The fourth-order valence-electron chi connectivity index (χ4n) is 2.94. The van der Waals surface area contributed by atoms with Gasteiger partial charge in [-0.25, -0.2) is 0 Å². The number of nitrogens with zero attached hydrogens (tertiary/aromatic N) is 1. The number of nitrogens with two attached hydrogens (primary N) is 1. The van der Waals surface area contributed by atoms with E-state index < -0.39 is 0 Å². The fourth-order valence-corrected chi connectivity index (χ4v) is 3.95. The number of likely N-dealkylation sites (tertiary alicyclic amines) is 1. The van der Waals surface area contributed by atoms with Crippen LogP contribution < -0.4 is 5.73 Å². The third-order valence-corrected chi connectivity index (χ3v) is 4.95. The molecule has 1 aliphatic heterocycles. The lowest BCUT2D eigenvalue weighted by atomic mass is 9.97. The third-order valence-electron chi connectivity index (χ3n) is 3.85. The lowest BCUT2D eigenvalue weighted by Crippen LogP contribution is -2.44. The summed E-state index contributed by atoms with van der Waals surface area (Å²) in [4.78, 5) is 5.24. The third kappa shape index (κ3) is 3.12. The molecule has 18 heavy (non-hydrogen) atoms. The molecule has 3 N–H and O–H groups in total. The van der Waals surface area contributed by atoms with Crippen LogP contribution in [0.15, 0.2) is 12.1 Å². The van der Waals surface area contributed by atoms with Crippen LogP contribution in [0.25, 0.3) is 0 Å². The van der Waals surface area contributed by atoms with Crippen molar-refractivity contribution in [2.75, 3.05) is 19.7 Å². The van der Waals surface area contributed by atoms with Gasteiger partial charge in [0.15, 0.2) is 0 Å². The summed E-state index contributed by atoms with van der Waals surface area (Å²) in [5, 5.41) is 9.21. The van der Waals surface area contributed by atoms with Crippen molar-refractivity contribution in [1.82, 2.24) is 4.90 Å². The Bertz CT molecular complexity index is 364. The van der Waals surface area contributed by atoms with Gasteiger partial charge in [-0.1, -0.05) is 6.42 Å². The van der Waals surface area contributed by atoms with Gasteiger partial charge in [0.25, 0.3) is 0 Å². The maximum Gasteiger partial charge on any atom is 0.0566 e. The number of hydrogen-bond acceptors (Lipinski definition) is 4. The second kappa shape index (κ2) is 6.66. The molecule has 0 amide bonds. The van der Waals surface area contributed by atoms with Crippen LogP contribution in [0, 0.1) is 6.92 Å². The van der Waals surface area contributed by atoms with Crippen LogP contribution in [0.3, 0.4) is 0 Å². The molecule has 0 aromatic carbocycles. The van der Waals surface area contributed by atoms with Crippen LogP contribution in [0.1, 0.15) is 41.5 Å². The molecule has 102 valence electrons. The summed E-state index contributed by atoms with van der Waals surface area (Å²) in [5.41, 5.74) is 6.01. The van der Waals surface area contributed by atoms with Gasteiger partial charge in [-0.05, 0) is 44.9 Å².